The van der Waals surface area contributed by atoms with Gasteiger partial charge in [0.1, 0.15) is 5.76 Å². The van der Waals surface area contributed by atoms with Crippen molar-refractivity contribution in [2.75, 3.05) is 13.1 Å². The van der Waals surface area contributed by atoms with Crippen LogP contribution in [0, 0.1) is 5.92 Å². The number of amides is 1. The lowest BCUT2D eigenvalue weighted by Crippen LogP contribution is -2.45. The molecule has 0 aromatic carbocycles. The van der Waals surface area contributed by atoms with E-state index in [1.54, 1.807) is 4.90 Å². The van der Waals surface area contributed by atoms with E-state index < -0.39 is 24.0 Å². The minimum Gasteiger partial charge on any atom is -0.360 e. The normalized spacial score (nSPS) is 26.0. The number of carbonyl (C=O) groups excluding carboxylic acids is 1. The van der Waals surface area contributed by atoms with Crippen molar-refractivity contribution in [2.24, 2.45) is 5.92 Å². The molecular weight excluding hydrogens is 311 g/mol. The van der Waals surface area contributed by atoms with E-state index in [2.05, 4.69) is 10.5 Å². The van der Waals surface area contributed by atoms with Gasteiger partial charge in [0.25, 0.3) is 5.91 Å². The van der Waals surface area contributed by atoms with Crippen LogP contribution in [0.15, 0.2) is 10.6 Å². The number of halogens is 3. The van der Waals surface area contributed by atoms with Crippen molar-refractivity contribution in [1.29, 1.82) is 0 Å². The maximum absolute atomic E-state index is 13.2. The lowest BCUT2D eigenvalue weighted by Gasteiger charge is -2.21. The molecule has 1 aliphatic carbocycles. The molecule has 1 aromatic heterocycles. The summed E-state index contributed by atoms with van der Waals surface area (Å²) in [6.45, 7) is 3.77. The Morgan fingerprint density at radius 2 is 2.09 bits per heavy atom. The highest BCUT2D eigenvalue weighted by Gasteiger charge is 2.50. The molecule has 1 aromatic rings. The van der Waals surface area contributed by atoms with Crippen molar-refractivity contribution in [3.63, 3.8) is 0 Å². The van der Waals surface area contributed by atoms with E-state index in [0.29, 0.717) is 11.7 Å². The molecule has 2 aliphatic rings. The predicted molar refractivity (Wildman–Crippen MR) is 76.0 cm³/mol. The Hall–Kier alpha value is -1.57. The van der Waals surface area contributed by atoms with Crippen LogP contribution in [-0.2, 0) is 0 Å². The number of aromatic nitrogens is 1. The molecule has 1 N–H and O–H groups in total. The van der Waals surface area contributed by atoms with Crippen LogP contribution < -0.4 is 5.32 Å². The van der Waals surface area contributed by atoms with Crippen molar-refractivity contribution in [1.82, 2.24) is 15.4 Å². The van der Waals surface area contributed by atoms with E-state index >= 15 is 0 Å². The quantitative estimate of drug-likeness (QED) is 0.921. The van der Waals surface area contributed by atoms with E-state index in [0.717, 1.165) is 12.8 Å². The molecule has 2 heterocycles. The average molecular weight is 331 g/mol. The standard InChI is InChI=1S/C15H20F3N3O2/c1-8(2)21-6-10(15(16,17)18)12(7-21)19-14(22)11-5-13(23-20-11)9-3-4-9/h5,8-10,12H,3-4,6-7H2,1-2H3,(H,19,22). The number of hydrogen-bond acceptors (Lipinski definition) is 4. The molecule has 1 saturated heterocycles. The highest BCUT2D eigenvalue weighted by atomic mass is 19.4. The van der Waals surface area contributed by atoms with E-state index in [1.807, 2.05) is 13.8 Å². The fraction of sp³-hybridized carbons (Fsp3) is 0.733. The Bertz CT molecular complexity index is 581. The van der Waals surface area contributed by atoms with Crippen molar-refractivity contribution in [3.8, 4) is 0 Å². The highest BCUT2D eigenvalue weighted by Crippen LogP contribution is 2.40. The van der Waals surface area contributed by atoms with E-state index in [1.165, 1.54) is 6.07 Å². The molecule has 2 atom stereocenters. The zero-order chi connectivity index (χ0) is 16.8. The second kappa shape index (κ2) is 5.81. The first kappa shape index (κ1) is 16.3. The van der Waals surface area contributed by atoms with Crippen LogP contribution in [0.1, 0.15) is 48.9 Å². The van der Waals surface area contributed by atoms with E-state index in [4.69, 9.17) is 4.52 Å². The van der Waals surface area contributed by atoms with Crippen LogP contribution in [0.5, 0.6) is 0 Å². The van der Waals surface area contributed by atoms with Gasteiger partial charge in [0.2, 0.25) is 0 Å². The summed E-state index contributed by atoms with van der Waals surface area (Å²) in [7, 11) is 0. The fourth-order valence-corrected chi connectivity index (χ4v) is 2.93. The van der Waals surface area contributed by atoms with Gasteiger partial charge in [-0.3, -0.25) is 9.69 Å². The smallest absolute Gasteiger partial charge is 0.360 e. The summed E-state index contributed by atoms with van der Waals surface area (Å²) in [6, 6.07) is 0.561. The second-order valence-corrected chi connectivity index (χ2v) is 6.66. The molecule has 128 valence electrons. The van der Waals surface area contributed by atoms with E-state index in [9.17, 15) is 18.0 Å². The molecule has 0 radical (unpaired) electrons. The maximum Gasteiger partial charge on any atom is 0.395 e. The summed E-state index contributed by atoms with van der Waals surface area (Å²) >= 11 is 0. The molecule has 0 bridgehead atoms. The molecule has 3 rings (SSSR count). The maximum atomic E-state index is 13.2. The van der Waals surface area contributed by atoms with Gasteiger partial charge in [0.05, 0.1) is 12.0 Å². The van der Waals surface area contributed by atoms with Crippen LogP contribution >= 0.6 is 0 Å². The summed E-state index contributed by atoms with van der Waals surface area (Å²) in [6.07, 6.45) is -2.35. The second-order valence-electron chi connectivity index (χ2n) is 6.66. The first-order valence-electron chi connectivity index (χ1n) is 7.84. The summed E-state index contributed by atoms with van der Waals surface area (Å²) in [5.41, 5.74) is 0.0517. The highest BCUT2D eigenvalue weighted by molar-refractivity contribution is 5.92. The largest absolute Gasteiger partial charge is 0.395 e. The summed E-state index contributed by atoms with van der Waals surface area (Å²) < 4.78 is 44.7. The van der Waals surface area contributed by atoms with Crippen LogP contribution in [0.4, 0.5) is 13.2 Å². The van der Waals surface area contributed by atoms with Gasteiger partial charge in [-0.2, -0.15) is 13.2 Å². The first-order chi connectivity index (χ1) is 10.8. The van der Waals surface area contributed by atoms with Gasteiger partial charge < -0.3 is 9.84 Å². The van der Waals surface area contributed by atoms with E-state index in [-0.39, 0.29) is 24.8 Å². The summed E-state index contributed by atoms with van der Waals surface area (Å²) in [5.74, 6) is -1.23. The molecular formula is C15H20F3N3O2. The fourth-order valence-electron chi connectivity index (χ4n) is 2.93. The molecule has 0 spiro atoms. The third-order valence-corrected chi connectivity index (χ3v) is 4.56. The number of carbonyl (C=O) groups is 1. The SMILES string of the molecule is CC(C)N1CC(NC(=O)c2cc(C3CC3)on2)C(C(F)(F)F)C1. The minimum atomic E-state index is -4.34. The molecule has 2 unspecified atom stereocenters. The zero-order valence-corrected chi connectivity index (χ0v) is 13.1. The van der Waals surface area contributed by atoms with Crippen molar-refractivity contribution in [2.45, 2.75) is 50.9 Å². The lowest BCUT2D eigenvalue weighted by molar-refractivity contribution is -0.175. The van der Waals surface area contributed by atoms with Crippen molar-refractivity contribution >= 4 is 5.91 Å². The zero-order valence-electron chi connectivity index (χ0n) is 13.1. The average Bonchev–Trinajstić information content (AvgIpc) is 3.01. The molecule has 2 fully saturated rings. The lowest BCUT2D eigenvalue weighted by atomic mass is 10.0. The Kier molecular flexibility index (Phi) is 4.12. The van der Waals surface area contributed by atoms with Crippen molar-refractivity contribution in [3.05, 3.63) is 17.5 Å². The first-order valence-corrected chi connectivity index (χ1v) is 7.84. The van der Waals surface area contributed by atoms with Gasteiger partial charge in [0.15, 0.2) is 5.69 Å². The number of hydrogen-bond donors (Lipinski definition) is 1. The Morgan fingerprint density at radius 1 is 1.39 bits per heavy atom. The monoisotopic (exact) mass is 331 g/mol. The molecule has 1 saturated carbocycles. The third-order valence-electron chi connectivity index (χ3n) is 4.56. The number of nitrogens with one attached hydrogen (secondary N) is 1. The van der Waals surface area contributed by atoms with Gasteiger partial charge in [-0.05, 0) is 26.7 Å². The number of likely N-dealkylation sites (tertiary alicyclic amines) is 1. The van der Waals surface area contributed by atoms with Crippen molar-refractivity contribution < 1.29 is 22.5 Å². The molecule has 5 nitrogen and oxygen atoms in total. The minimum absolute atomic E-state index is 0.00438. The molecule has 1 amide bonds. The Balaban J connectivity index is 1.69. The molecule has 1 aliphatic heterocycles. The van der Waals surface area contributed by atoms with Crippen LogP contribution in [-0.4, -0.2) is 47.3 Å². The number of alkyl halides is 3. The van der Waals surface area contributed by atoms with Gasteiger partial charge in [-0.1, -0.05) is 5.16 Å². The van der Waals surface area contributed by atoms with Crippen LogP contribution in [0.2, 0.25) is 0 Å². The number of rotatable bonds is 4. The Labute approximate surface area is 132 Å². The molecule has 23 heavy (non-hydrogen) atoms. The third kappa shape index (κ3) is 3.52. The van der Waals surface area contributed by atoms with Gasteiger partial charge in [-0.25, -0.2) is 0 Å². The van der Waals surface area contributed by atoms with Crippen LogP contribution in [0.25, 0.3) is 0 Å². The van der Waals surface area contributed by atoms with Gasteiger partial charge in [0, 0.05) is 31.1 Å². The van der Waals surface area contributed by atoms with Crippen LogP contribution in [0.3, 0.4) is 0 Å². The number of nitrogens with zero attached hydrogens (tertiary/aromatic N) is 2. The van der Waals surface area contributed by atoms with Gasteiger partial charge in [-0.15, -0.1) is 0 Å². The Morgan fingerprint density at radius 3 is 2.65 bits per heavy atom. The summed E-state index contributed by atoms with van der Waals surface area (Å²) in [5, 5.41) is 6.17. The predicted octanol–water partition coefficient (Wildman–Crippen LogP) is 2.55. The topological polar surface area (TPSA) is 58.4 Å². The summed E-state index contributed by atoms with van der Waals surface area (Å²) in [4.78, 5) is 13.9. The van der Waals surface area contributed by atoms with Gasteiger partial charge >= 0.3 is 6.18 Å². The molecule has 8 heteroatoms.